The van der Waals surface area contributed by atoms with Crippen molar-refractivity contribution in [3.05, 3.63) is 60.3 Å². The van der Waals surface area contributed by atoms with Crippen LogP contribution >= 0.6 is 0 Å². The number of hydrogen-bond donors (Lipinski definition) is 1. The average molecular weight is 507 g/mol. The molecule has 0 aliphatic carbocycles. The van der Waals surface area contributed by atoms with Crippen LogP contribution in [-0.2, 0) is 14.3 Å². The number of halogens is 1. The standard InChI is InChI=1S/C29H35FN4O3/c1-3-19(2)28(35)32-26(21-11-14-37-15-12-21)29(36)34-13-7-10-25(34)24-18-33-17-22(30)16-23(27(33)31-24)20-8-5-4-6-9-20/h4-6,8-9,16-19,21,25-26H,3,7,10-15H2,1-2H3,(H,32,35)/t19-,25+,26+/m1/s1. The van der Waals surface area contributed by atoms with Gasteiger partial charge >= 0.3 is 0 Å². The molecule has 0 unspecified atom stereocenters. The first-order valence-corrected chi connectivity index (χ1v) is 13.4. The monoisotopic (exact) mass is 506 g/mol. The number of rotatable bonds is 7. The molecule has 0 saturated carbocycles. The minimum Gasteiger partial charge on any atom is -0.381 e. The minimum atomic E-state index is -0.583. The summed E-state index contributed by atoms with van der Waals surface area (Å²) in [7, 11) is 0. The van der Waals surface area contributed by atoms with Crippen molar-refractivity contribution in [1.82, 2.24) is 19.6 Å². The SMILES string of the molecule is CC[C@@H](C)C(=O)N[C@H](C(=O)N1CCC[C@H]1c1cn2cc(F)cc(-c3ccccc3)c2n1)C1CCOCC1. The second-order valence-electron chi connectivity index (χ2n) is 10.3. The quantitative estimate of drug-likeness (QED) is 0.501. The van der Waals surface area contributed by atoms with Crippen molar-refractivity contribution in [3.8, 4) is 11.1 Å². The Morgan fingerprint density at radius 3 is 2.65 bits per heavy atom. The number of amides is 2. The van der Waals surface area contributed by atoms with Crippen molar-refractivity contribution in [2.24, 2.45) is 11.8 Å². The number of imidazole rings is 1. The maximum atomic E-state index is 14.5. The molecule has 5 rings (SSSR count). The van der Waals surface area contributed by atoms with Gasteiger partial charge in [-0.3, -0.25) is 9.59 Å². The number of fused-ring (bicyclic) bond motifs is 1. The molecule has 0 spiro atoms. The maximum Gasteiger partial charge on any atom is 0.246 e. The van der Waals surface area contributed by atoms with E-state index in [1.54, 1.807) is 4.40 Å². The normalized spacial score (nSPS) is 20.2. The second kappa shape index (κ2) is 11.0. The lowest BCUT2D eigenvalue weighted by atomic mass is 9.90. The molecule has 1 N–H and O–H groups in total. The van der Waals surface area contributed by atoms with E-state index < -0.39 is 6.04 Å². The number of benzene rings is 1. The number of hydrogen-bond acceptors (Lipinski definition) is 4. The van der Waals surface area contributed by atoms with E-state index >= 15 is 0 Å². The van der Waals surface area contributed by atoms with E-state index in [-0.39, 0.29) is 35.5 Å². The maximum absolute atomic E-state index is 14.5. The molecule has 8 heteroatoms. The molecule has 2 fully saturated rings. The van der Waals surface area contributed by atoms with Crippen molar-refractivity contribution >= 4 is 17.5 Å². The molecule has 196 valence electrons. The summed E-state index contributed by atoms with van der Waals surface area (Å²) in [6, 6.07) is 10.3. The molecular formula is C29H35FN4O3. The van der Waals surface area contributed by atoms with Crippen LogP contribution < -0.4 is 5.32 Å². The highest BCUT2D eigenvalue weighted by Gasteiger charge is 2.40. The molecule has 4 heterocycles. The first-order valence-electron chi connectivity index (χ1n) is 13.4. The summed E-state index contributed by atoms with van der Waals surface area (Å²) < 4.78 is 21.8. The molecule has 2 aromatic heterocycles. The van der Waals surface area contributed by atoms with E-state index in [4.69, 9.17) is 9.72 Å². The predicted octanol–water partition coefficient (Wildman–Crippen LogP) is 4.76. The van der Waals surface area contributed by atoms with Gasteiger partial charge in [0.05, 0.1) is 11.7 Å². The Bertz CT molecular complexity index is 1250. The largest absolute Gasteiger partial charge is 0.381 e. The number of nitrogens with zero attached hydrogens (tertiary/aromatic N) is 3. The highest BCUT2D eigenvalue weighted by Crippen LogP contribution is 2.35. The van der Waals surface area contributed by atoms with Crippen LogP contribution in [0.2, 0.25) is 0 Å². The van der Waals surface area contributed by atoms with Gasteiger partial charge in [-0.1, -0.05) is 44.2 Å². The zero-order valence-electron chi connectivity index (χ0n) is 21.5. The average Bonchev–Trinajstić information content (AvgIpc) is 3.58. The summed E-state index contributed by atoms with van der Waals surface area (Å²) in [5.41, 5.74) is 3.00. The number of carbonyl (C=O) groups excluding carboxylic acids is 2. The fourth-order valence-corrected chi connectivity index (χ4v) is 5.50. The van der Waals surface area contributed by atoms with Gasteiger partial charge in [0.25, 0.3) is 0 Å². The van der Waals surface area contributed by atoms with Gasteiger partial charge in [0.15, 0.2) is 0 Å². The molecule has 2 amide bonds. The van der Waals surface area contributed by atoms with Crippen LogP contribution in [0.15, 0.2) is 48.8 Å². The molecule has 1 aromatic carbocycles. The number of likely N-dealkylation sites (tertiary alicyclic amines) is 1. The summed E-state index contributed by atoms with van der Waals surface area (Å²) in [6.45, 7) is 5.66. The number of nitrogens with one attached hydrogen (secondary N) is 1. The van der Waals surface area contributed by atoms with Gasteiger partial charge in [-0.05, 0) is 49.7 Å². The van der Waals surface area contributed by atoms with Gasteiger partial charge in [-0.25, -0.2) is 9.37 Å². The Kier molecular flexibility index (Phi) is 7.55. The molecule has 2 saturated heterocycles. The van der Waals surface area contributed by atoms with E-state index in [2.05, 4.69) is 5.32 Å². The van der Waals surface area contributed by atoms with E-state index in [1.807, 2.05) is 55.3 Å². The van der Waals surface area contributed by atoms with Crippen LogP contribution in [0.3, 0.4) is 0 Å². The lowest BCUT2D eigenvalue weighted by molar-refractivity contribution is -0.140. The third-order valence-corrected chi connectivity index (χ3v) is 7.86. The van der Waals surface area contributed by atoms with E-state index in [1.165, 1.54) is 12.3 Å². The second-order valence-corrected chi connectivity index (χ2v) is 10.3. The molecule has 3 atom stereocenters. The Labute approximate surface area is 217 Å². The van der Waals surface area contributed by atoms with Crippen LogP contribution in [0.25, 0.3) is 16.8 Å². The van der Waals surface area contributed by atoms with Crippen molar-refractivity contribution in [2.75, 3.05) is 19.8 Å². The topological polar surface area (TPSA) is 75.9 Å². The molecule has 0 radical (unpaired) electrons. The van der Waals surface area contributed by atoms with Gasteiger partial charge < -0.3 is 19.4 Å². The highest BCUT2D eigenvalue weighted by atomic mass is 19.1. The van der Waals surface area contributed by atoms with E-state index in [0.717, 1.165) is 36.9 Å². The molecule has 3 aromatic rings. The van der Waals surface area contributed by atoms with Gasteiger partial charge in [-0.2, -0.15) is 0 Å². The summed E-state index contributed by atoms with van der Waals surface area (Å²) >= 11 is 0. The number of carbonyl (C=O) groups is 2. The molecule has 2 aliphatic heterocycles. The lowest BCUT2D eigenvalue weighted by Crippen LogP contribution is -2.54. The molecule has 37 heavy (non-hydrogen) atoms. The first-order chi connectivity index (χ1) is 18.0. The number of aromatic nitrogens is 2. The fourth-order valence-electron chi connectivity index (χ4n) is 5.50. The predicted molar refractivity (Wildman–Crippen MR) is 139 cm³/mol. The highest BCUT2D eigenvalue weighted by molar-refractivity contribution is 5.89. The molecule has 0 bridgehead atoms. The number of ether oxygens (including phenoxy) is 1. The molecule has 2 aliphatic rings. The Morgan fingerprint density at radius 2 is 1.92 bits per heavy atom. The zero-order valence-corrected chi connectivity index (χ0v) is 21.5. The van der Waals surface area contributed by atoms with Crippen LogP contribution in [0, 0.1) is 17.7 Å². The van der Waals surface area contributed by atoms with Crippen LogP contribution in [0.5, 0.6) is 0 Å². The minimum absolute atomic E-state index is 0.0374. The van der Waals surface area contributed by atoms with Crippen LogP contribution in [0.1, 0.15) is 57.7 Å². The Balaban J connectivity index is 1.46. The molecular weight excluding hydrogens is 471 g/mol. The summed E-state index contributed by atoms with van der Waals surface area (Å²) in [4.78, 5) is 33.7. The zero-order chi connectivity index (χ0) is 25.9. The third-order valence-electron chi connectivity index (χ3n) is 7.86. The Hall–Kier alpha value is -3.26. The van der Waals surface area contributed by atoms with Gasteiger partial charge in [-0.15, -0.1) is 0 Å². The van der Waals surface area contributed by atoms with Crippen molar-refractivity contribution < 1.29 is 18.7 Å². The van der Waals surface area contributed by atoms with Gasteiger partial charge in [0.1, 0.15) is 17.5 Å². The lowest BCUT2D eigenvalue weighted by Gasteiger charge is -2.35. The first kappa shape index (κ1) is 25.4. The number of pyridine rings is 1. The van der Waals surface area contributed by atoms with Gasteiger partial charge in [0, 0.05) is 43.6 Å². The van der Waals surface area contributed by atoms with E-state index in [0.29, 0.717) is 37.4 Å². The van der Waals surface area contributed by atoms with E-state index in [9.17, 15) is 14.0 Å². The summed E-state index contributed by atoms with van der Waals surface area (Å²) in [5, 5.41) is 3.09. The molecule has 7 nitrogen and oxygen atoms in total. The van der Waals surface area contributed by atoms with Crippen molar-refractivity contribution in [3.63, 3.8) is 0 Å². The smallest absolute Gasteiger partial charge is 0.246 e. The summed E-state index contributed by atoms with van der Waals surface area (Å²) in [5.74, 6) is -0.608. The summed E-state index contributed by atoms with van der Waals surface area (Å²) in [6.07, 6.45) is 7.09. The third kappa shape index (κ3) is 5.25. The Morgan fingerprint density at radius 1 is 1.16 bits per heavy atom. The van der Waals surface area contributed by atoms with Gasteiger partial charge in [0.2, 0.25) is 11.8 Å². The fraction of sp³-hybridized carbons (Fsp3) is 0.483. The van der Waals surface area contributed by atoms with Crippen molar-refractivity contribution in [2.45, 2.75) is 58.0 Å². The van der Waals surface area contributed by atoms with Crippen LogP contribution in [0.4, 0.5) is 4.39 Å². The van der Waals surface area contributed by atoms with Crippen molar-refractivity contribution in [1.29, 1.82) is 0 Å². The van der Waals surface area contributed by atoms with Crippen LogP contribution in [-0.4, -0.2) is 51.9 Å².